The van der Waals surface area contributed by atoms with Crippen molar-refractivity contribution in [2.75, 3.05) is 0 Å². The quantitative estimate of drug-likeness (QED) is 0.532. The maximum Gasteiger partial charge on any atom is 0.0473 e. The molecule has 0 spiro atoms. The topological polar surface area (TPSA) is 0 Å². The fourth-order valence-electron chi connectivity index (χ4n) is 1.51. The normalized spacial score (nSPS) is 12.7. The van der Waals surface area contributed by atoms with E-state index in [0.717, 1.165) is 5.54 Å². The Morgan fingerprint density at radius 2 is 1.33 bits per heavy atom. The summed E-state index contributed by atoms with van der Waals surface area (Å²) < 4.78 is 0. The van der Waals surface area contributed by atoms with Crippen molar-refractivity contribution in [1.82, 2.24) is 0 Å². The Morgan fingerprint density at radius 3 is 1.33 bits per heavy atom. The molecule has 0 aromatic heterocycles. The molecule has 0 nitrogen and oxygen atoms in total. The molecule has 0 aliphatic rings. The monoisotopic (exact) mass is 144 g/mol. The van der Waals surface area contributed by atoms with Gasteiger partial charge in [0.25, 0.3) is 0 Å². The van der Waals surface area contributed by atoms with Gasteiger partial charge in [-0.3, -0.25) is 0 Å². The van der Waals surface area contributed by atoms with Crippen LogP contribution < -0.4 is 0 Å². The van der Waals surface area contributed by atoms with Crippen LogP contribution in [0.4, 0.5) is 0 Å². The lowest BCUT2D eigenvalue weighted by Gasteiger charge is -2.26. The molecule has 9 heavy (non-hydrogen) atoms. The van der Waals surface area contributed by atoms with Crippen molar-refractivity contribution in [1.29, 1.82) is 0 Å². The average molecular weight is 144 g/mol. The highest BCUT2D eigenvalue weighted by Crippen LogP contribution is 2.27. The molecule has 0 saturated heterocycles. The first-order chi connectivity index (χ1) is 4.02. The van der Waals surface area contributed by atoms with Crippen LogP contribution in [0.1, 0.15) is 26.7 Å². The van der Waals surface area contributed by atoms with Crippen molar-refractivity contribution in [3.8, 4) is 0 Å². The first kappa shape index (κ1) is 9.22. The van der Waals surface area contributed by atoms with Crippen molar-refractivity contribution < 1.29 is 0 Å². The highest BCUT2D eigenvalue weighted by atomic mass is 28.3. The Bertz CT molecular complexity index is 67.1. The molecule has 0 aliphatic heterocycles. The molecule has 0 fully saturated rings. The zero-order valence-corrected chi connectivity index (χ0v) is 8.49. The average Bonchev–Trinajstić information content (AvgIpc) is 1.65. The van der Waals surface area contributed by atoms with E-state index in [9.17, 15) is 0 Å². The van der Waals surface area contributed by atoms with Gasteiger partial charge < -0.3 is 0 Å². The Balaban J connectivity index is 3.79. The minimum Gasteiger partial charge on any atom is -0.0693 e. The molecule has 0 bridgehead atoms. The molecule has 0 heterocycles. The minimum absolute atomic E-state index is 0.787. The smallest absolute Gasteiger partial charge is 0.0473 e. The van der Waals surface area contributed by atoms with Gasteiger partial charge in [0.05, 0.1) is 0 Å². The fourth-order valence-corrected chi connectivity index (χ4v) is 3.96. The van der Waals surface area contributed by atoms with Crippen molar-refractivity contribution in [2.24, 2.45) is 0 Å². The molecule has 1 heteroatoms. The molecule has 0 atom stereocenters. The van der Waals surface area contributed by atoms with Gasteiger partial charge in [-0.05, 0) is 5.54 Å². The van der Waals surface area contributed by atoms with E-state index in [0.29, 0.717) is 0 Å². The molecule has 0 amide bonds. The maximum absolute atomic E-state index is 2.46. The summed E-state index contributed by atoms with van der Waals surface area (Å²) in [6, 6.07) is 0. The summed E-state index contributed by atoms with van der Waals surface area (Å²) in [6.07, 6.45) is 2.76. The largest absolute Gasteiger partial charge is 0.0693 e. The summed E-state index contributed by atoms with van der Waals surface area (Å²) in [5, 5.41) is 0. The second-order valence-corrected chi connectivity index (χ2v) is 9.43. The predicted octanol–water partition coefficient (Wildman–Crippen LogP) is 3.51. The van der Waals surface area contributed by atoms with Gasteiger partial charge in [-0.15, -0.1) is 0 Å². The Morgan fingerprint density at radius 1 is 1.00 bits per heavy atom. The maximum atomic E-state index is 2.46. The molecule has 0 aliphatic carbocycles. The number of hydrogen-bond acceptors (Lipinski definition) is 0. The van der Waals surface area contributed by atoms with E-state index < -0.39 is 8.07 Å². The van der Waals surface area contributed by atoms with Gasteiger partial charge in [0.1, 0.15) is 0 Å². The number of rotatable bonds is 3. The Labute approximate surface area is 60.7 Å². The molecular formula is C8H20Si. The van der Waals surface area contributed by atoms with E-state index >= 15 is 0 Å². The number of hydrogen-bond donors (Lipinski definition) is 0. The second-order valence-electron chi connectivity index (χ2n) is 3.88. The van der Waals surface area contributed by atoms with E-state index in [2.05, 4.69) is 33.5 Å². The zero-order valence-electron chi connectivity index (χ0n) is 7.49. The highest BCUT2D eigenvalue weighted by molar-refractivity contribution is 6.77. The van der Waals surface area contributed by atoms with E-state index in [4.69, 9.17) is 0 Å². The summed E-state index contributed by atoms with van der Waals surface area (Å²) in [4.78, 5) is 0. The molecular weight excluding hydrogens is 124 g/mol. The fraction of sp³-hybridized carbons (Fsp3) is 1.00. The molecule has 0 N–H and O–H groups in total. The third-order valence-corrected chi connectivity index (χ3v) is 5.48. The van der Waals surface area contributed by atoms with Crippen molar-refractivity contribution in [2.45, 2.75) is 51.9 Å². The van der Waals surface area contributed by atoms with Crippen LogP contribution in [0.2, 0.25) is 25.2 Å². The van der Waals surface area contributed by atoms with E-state index in [1.54, 1.807) is 0 Å². The van der Waals surface area contributed by atoms with Gasteiger partial charge in [0.15, 0.2) is 0 Å². The van der Waals surface area contributed by atoms with Crippen LogP contribution in [0, 0.1) is 0 Å². The van der Waals surface area contributed by atoms with Gasteiger partial charge in [-0.1, -0.05) is 46.3 Å². The van der Waals surface area contributed by atoms with Gasteiger partial charge in [-0.2, -0.15) is 0 Å². The van der Waals surface area contributed by atoms with Crippen LogP contribution in [-0.4, -0.2) is 8.07 Å². The van der Waals surface area contributed by atoms with E-state index in [1.807, 2.05) is 0 Å². The zero-order chi connectivity index (χ0) is 7.49. The van der Waals surface area contributed by atoms with Gasteiger partial charge in [-0.25, -0.2) is 0 Å². The first-order valence-corrected chi connectivity index (χ1v) is 7.60. The lowest BCUT2D eigenvalue weighted by Crippen LogP contribution is -2.26. The summed E-state index contributed by atoms with van der Waals surface area (Å²) in [6.45, 7) is 12.0. The van der Waals surface area contributed by atoms with Crippen LogP contribution in [0.3, 0.4) is 0 Å². The second kappa shape index (κ2) is 3.40. The lowest BCUT2D eigenvalue weighted by molar-refractivity contribution is 0.739. The summed E-state index contributed by atoms with van der Waals surface area (Å²) in [5.74, 6) is 0. The van der Waals surface area contributed by atoms with Crippen LogP contribution in [0.5, 0.6) is 0 Å². The van der Waals surface area contributed by atoms with Crippen molar-refractivity contribution in [3.63, 3.8) is 0 Å². The Hall–Kier alpha value is 0.217. The molecule has 56 valence electrons. The molecule has 0 saturated carbocycles. The molecule has 0 aromatic rings. The predicted molar refractivity (Wildman–Crippen MR) is 47.7 cm³/mol. The van der Waals surface area contributed by atoms with Crippen molar-refractivity contribution >= 4 is 8.07 Å². The van der Waals surface area contributed by atoms with Crippen LogP contribution in [0.15, 0.2) is 0 Å². The van der Waals surface area contributed by atoms with Crippen LogP contribution >= 0.6 is 0 Å². The molecule has 0 aromatic carbocycles. The van der Waals surface area contributed by atoms with Crippen LogP contribution in [-0.2, 0) is 0 Å². The van der Waals surface area contributed by atoms with E-state index in [-0.39, 0.29) is 0 Å². The molecule has 0 radical (unpaired) electrons. The van der Waals surface area contributed by atoms with E-state index in [1.165, 1.54) is 12.8 Å². The third kappa shape index (κ3) is 3.04. The third-order valence-electron chi connectivity index (χ3n) is 2.21. The standard InChI is InChI=1S/C8H20Si/c1-6-8(7-2)9(3,4)5/h8H,6-7H2,1-5H3. The molecule has 0 rings (SSSR count). The molecule has 0 unspecified atom stereocenters. The SMILES string of the molecule is CCC(CC)[Si](C)(C)C. The van der Waals surface area contributed by atoms with Gasteiger partial charge in [0, 0.05) is 8.07 Å². The lowest BCUT2D eigenvalue weighted by atomic mass is 10.3. The van der Waals surface area contributed by atoms with Crippen LogP contribution in [0.25, 0.3) is 0 Å². The summed E-state index contributed by atoms with van der Waals surface area (Å²) in [5.41, 5.74) is 1.04. The van der Waals surface area contributed by atoms with Gasteiger partial charge >= 0.3 is 0 Å². The summed E-state index contributed by atoms with van der Waals surface area (Å²) in [7, 11) is -0.787. The Kier molecular flexibility index (Phi) is 3.48. The summed E-state index contributed by atoms with van der Waals surface area (Å²) >= 11 is 0. The van der Waals surface area contributed by atoms with Crippen molar-refractivity contribution in [3.05, 3.63) is 0 Å². The highest BCUT2D eigenvalue weighted by Gasteiger charge is 2.22. The first-order valence-electron chi connectivity index (χ1n) is 4.02. The minimum atomic E-state index is -0.787. The van der Waals surface area contributed by atoms with Gasteiger partial charge in [0.2, 0.25) is 0 Å².